The van der Waals surface area contributed by atoms with Crippen molar-refractivity contribution >= 4 is 15.9 Å². The highest BCUT2D eigenvalue weighted by Gasteiger charge is 2.21. The number of methoxy groups -OCH3 is 1. The van der Waals surface area contributed by atoms with Crippen molar-refractivity contribution in [1.82, 2.24) is 9.62 Å². The van der Waals surface area contributed by atoms with Crippen LogP contribution in [0.25, 0.3) is 0 Å². The van der Waals surface area contributed by atoms with Crippen molar-refractivity contribution in [1.29, 1.82) is 0 Å². The fraction of sp³-hybridized carbons (Fsp3) is 0.409. The van der Waals surface area contributed by atoms with Crippen molar-refractivity contribution in [2.24, 2.45) is 0 Å². The molecule has 0 atom stereocenters. The minimum absolute atomic E-state index is 0.0444. The Kier molecular flexibility index (Phi) is 8.82. The van der Waals surface area contributed by atoms with Crippen molar-refractivity contribution in [3.05, 3.63) is 65.2 Å². The third kappa shape index (κ3) is 6.39. The number of hydrogen-bond acceptors (Lipinski definition) is 4. The van der Waals surface area contributed by atoms with Gasteiger partial charge in [-0.15, -0.1) is 0 Å². The highest BCUT2D eigenvalue weighted by molar-refractivity contribution is 7.89. The second-order valence-corrected chi connectivity index (χ2v) is 8.65. The van der Waals surface area contributed by atoms with Crippen molar-refractivity contribution in [3.63, 3.8) is 0 Å². The van der Waals surface area contributed by atoms with Gasteiger partial charge in [-0.1, -0.05) is 50.2 Å². The molecule has 158 valence electrons. The molecule has 0 aliphatic rings. The first-order chi connectivity index (χ1) is 13.9. The lowest BCUT2D eigenvalue weighted by Gasteiger charge is -2.18. The molecule has 0 spiro atoms. The molecule has 2 rings (SSSR count). The Hall–Kier alpha value is -2.22. The molecule has 0 unspecified atom stereocenters. The number of carbonyl (C=O) groups is 1. The predicted octanol–water partition coefficient (Wildman–Crippen LogP) is 3.11. The van der Waals surface area contributed by atoms with E-state index in [0.717, 1.165) is 16.7 Å². The Morgan fingerprint density at radius 2 is 1.62 bits per heavy atom. The molecule has 7 heteroatoms. The number of hydrogen-bond donors (Lipinski definition) is 1. The molecule has 0 saturated heterocycles. The topological polar surface area (TPSA) is 75.7 Å². The lowest BCUT2D eigenvalue weighted by molar-refractivity contribution is -0.121. The van der Waals surface area contributed by atoms with Crippen molar-refractivity contribution in [2.45, 2.75) is 44.7 Å². The lowest BCUT2D eigenvalue weighted by atomic mass is 10.1. The molecule has 0 aliphatic carbocycles. The maximum atomic E-state index is 12.5. The van der Waals surface area contributed by atoms with E-state index in [0.29, 0.717) is 39.1 Å². The first-order valence-electron chi connectivity index (χ1n) is 9.83. The van der Waals surface area contributed by atoms with Crippen LogP contribution in [0.4, 0.5) is 0 Å². The Labute approximate surface area is 173 Å². The van der Waals surface area contributed by atoms with Gasteiger partial charge in [-0.3, -0.25) is 4.79 Å². The third-order valence-electron chi connectivity index (χ3n) is 4.80. The van der Waals surface area contributed by atoms with E-state index in [4.69, 9.17) is 4.74 Å². The normalized spacial score (nSPS) is 11.6. The summed E-state index contributed by atoms with van der Waals surface area (Å²) in [5.41, 5.74) is 3.02. The van der Waals surface area contributed by atoms with Gasteiger partial charge in [0.1, 0.15) is 0 Å². The van der Waals surface area contributed by atoms with Crippen LogP contribution in [-0.2, 0) is 39.1 Å². The largest absolute Gasteiger partial charge is 0.380 e. The highest BCUT2D eigenvalue weighted by atomic mass is 32.2. The number of ether oxygens (including phenoxy) is 1. The van der Waals surface area contributed by atoms with Crippen LogP contribution in [0, 0.1) is 0 Å². The fourth-order valence-electron chi connectivity index (χ4n) is 3.11. The van der Waals surface area contributed by atoms with Crippen LogP contribution in [0.3, 0.4) is 0 Å². The van der Waals surface area contributed by atoms with E-state index < -0.39 is 10.0 Å². The van der Waals surface area contributed by atoms with Crippen molar-refractivity contribution < 1.29 is 17.9 Å². The van der Waals surface area contributed by atoms with Gasteiger partial charge in [0.2, 0.25) is 15.9 Å². The monoisotopic (exact) mass is 418 g/mol. The number of nitrogens with zero attached hydrogens (tertiary/aromatic N) is 1. The quantitative estimate of drug-likeness (QED) is 0.608. The summed E-state index contributed by atoms with van der Waals surface area (Å²) >= 11 is 0. The Balaban J connectivity index is 1.89. The molecule has 0 bridgehead atoms. The average Bonchev–Trinajstić information content (AvgIpc) is 2.73. The van der Waals surface area contributed by atoms with Gasteiger partial charge in [-0.25, -0.2) is 8.42 Å². The van der Waals surface area contributed by atoms with Crippen LogP contribution in [0.5, 0.6) is 0 Å². The summed E-state index contributed by atoms with van der Waals surface area (Å²) in [5.74, 6) is -0.0444. The zero-order valence-electron chi connectivity index (χ0n) is 17.3. The van der Waals surface area contributed by atoms with Gasteiger partial charge in [0, 0.05) is 33.2 Å². The molecule has 0 radical (unpaired) electrons. The van der Waals surface area contributed by atoms with E-state index in [2.05, 4.69) is 5.32 Å². The average molecular weight is 419 g/mol. The molecule has 2 aromatic rings. The van der Waals surface area contributed by atoms with Gasteiger partial charge in [-0.05, 0) is 35.2 Å². The van der Waals surface area contributed by atoms with Crippen molar-refractivity contribution in [3.8, 4) is 0 Å². The second kappa shape index (κ2) is 11.1. The van der Waals surface area contributed by atoms with Crippen LogP contribution in [-0.4, -0.2) is 38.8 Å². The molecule has 2 aromatic carbocycles. The molecule has 0 saturated carbocycles. The van der Waals surface area contributed by atoms with Gasteiger partial charge in [-0.2, -0.15) is 4.31 Å². The molecule has 0 aromatic heterocycles. The van der Waals surface area contributed by atoms with Crippen LogP contribution in [0.1, 0.15) is 37.0 Å². The van der Waals surface area contributed by atoms with E-state index >= 15 is 0 Å². The van der Waals surface area contributed by atoms with Gasteiger partial charge in [0.15, 0.2) is 0 Å². The number of carbonyl (C=O) groups excluding carboxylic acids is 1. The third-order valence-corrected chi connectivity index (χ3v) is 6.87. The number of aryl methyl sites for hydroxylation is 1. The highest BCUT2D eigenvalue weighted by Crippen LogP contribution is 2.17. The van der Waals surface area contributed by atoms with E-state index in [1.54, 1.807) is 31.4 Å². The number of nitrogens with one attached hydrogen (secondary N) is 1. The summed E-state index contributed by atoms with van der Waals surface area (Å²) in [6, 6.07) is 14.6. The summed E-state index contributed by atoms with van der Waals surface area (Å²) in [6.45, 7) is 5.49. The molecule has 6 nitrogen and oxygen atoms in total. The predicted molar refractivity (Wildman–Crippen MR) is 114 cm³/mol. The van der Waals surface area contributed by atoms with Crippen molar-refractivity contribution in [2.75, 3.05) is 20.2 Å². The zero-order valence-corrected chi connectivity index (χ0v) is 18.2. The zero-order chi connectivity index (χ0) is 21.3. The molecule has 0 aliphatic heterocycles. The number of benzene rings is 2. The number of sulfonamides is 1. The maximum absolute atomic E-state index is 12.5. The van der Waals surface area contributed by atoms with Gasteiger partial charge in [0.25, 0.3) is 0 Å². The van der Waals surface area contributed by atoms with E-state index in [9.17, 15) is 13.2 Å². The van der Waals surface area contributed by atoms with Crippen LogP contribution in [0.2, 0.25) is 0 Å². The molecule has 29 heavy (non-hydrogen) atoms. The van der Waals surface area contributed by atoms with Crippen LogP contribution < -0.4 is 5.32 Å². The van der Waals surface area contributed by atoms with Gasteiger partial charge >= 0.3 is 0 Å². The Bertz CT molecular complexity index is 891. The maximum Gasteiger partial charge on any atom is 0.243 e. The second-order valence-electron chi connectivity index (χ2n) is 6.71. The van der Waals surface area contributed by atoms with E-state index in [-0.39, 0.29) is 10.8 Å². The van der Waals surface area contributed by atoms with E-state index in [1.807, 2.05) is 38.1 Å². The van der Waals surface area contributed by atoms with E-state index in [1.165, 1.54) is 4.31 Å². The number of rotatable bonds is 11. The van der Waals surface area contributed by atoms with Crippen LogP contribution in [0.15, 0.2) is 53.4 Å². The van der Waals surface area contributed by atoms with Gasteiger partial charge < -0.3 is 10.1 Å². The minimum atomic E-state index is -3.45. The van der Waals surface area contributed by atoms with Gasteiger partial charge in [0.05, 0.1) is 11.5 Å². The van der Waals surface area contributed by atoms with Crippen LogP contribution >= 0.6 is 0 Å². The molecule has 0 heterocycles. The molecule has 1 N–H and O–H groups in total. The molecular formula is C22H30N2O4S. The fourth-order valence-corrected chi connectivity index (χ4v) is 4.57. The summed E-state index contributed by atoms with van der Waals surface area (Å²) < 4.78 is 31.6. The Morgan fingerprint density at radius 1 is 1.00 bits per heavy atom. The summed E-state index contributed by atoms with van der Waals surface area (Å²) in [4.78, 5) is 12.5. The number of amides is 1. The SMILES string of the molecule is CCN(CC)S(=O)(=O)c1ccc(CCC(=O)NCc2ccccc2COC)cc1. The summed E-state index contributed by atoms with van der Waals surface area (Å²) in [7, 11) is -1.81. The molecule has 0 fully saturated rings. The summed E-state index contributed by atoms with van der Waals surface area (Å²) in [6.07, 6.45) is 0.895. The smallest absolute Gasteiger partial charge is 0.243 e. The first-order valence-corrected chi connectivity index (χ1v) is 11.3. The molecular weight excluding hydrogens is 388 g/mol. The summed E-state index contributed by atoms with van der Waals surface area (Å²) in [5, 5.41) is 2.94. The molecule has 1 amide bonds. The minimum Gasteiger partial charge on any atom is -0.380 e. The standard InChI is InChI=1S/C22H30N2O4S/c1-4-24(5-2)29(26,27)21-13-10-18(11-14-21)12-15-22(25)23-16-19-8-6-7-9-20(19)17-28-3/h6-11,13-14H,4-5,12,15-17H2,1-3H3,(H,23,25). The Morgan fingerprint density at radius 3 is 2.21 bits per heavy atom. The first kappa shape index (κ1) is 23.1. The lowest BCUT2D eigenvalue weighted by Crippen LogP contribution is -2.30.